The van der Waals surface area contributed by atoms with Gasteiger partial charge in [-0.15, -0.1) is 0 Å². The van der Waals surface area contributed by atoms with Gasteiger partial charge in [-0.05, 0) is 88.4 Å². The van der Waals surface area contributed by atoms with Crippen molar-refractivity contribution in [1.82, 2.24) is 0 Å². The molecule has 3 rings (SSSR count). The Bertz CT molecular complexity index is 1260. The molecule has 0 amide bonds. The molecule has 0 aliphatic carbocycles. The number of hydrogen-bond acceptors (Lipinski definition) is 10. The fraction of sp³-hybridized carbons (Fsp3) is 0.267. The van der Waals surface area contributed by atoms with Crippen LogP contribution in [-0.2, 0) is 18.9 Å². The van der Waals surface area contributed by atoms with E-state index in [1.165, 1.54) is 36.4 Å². The first-order valence-electron chi connectivity index (χ1n) is 12.7. The van der Waals surface area contributed by atoms with Gasteiger partial charge in [0, 0.05) is 0 Å². The summed E-state index contributed by atoms with van der Waals surface area (Å²) in [6.45, 7) is 7.45. The van der Waals surface area contributed by atoms with Crippen LogP contribution in [-0.4, -0.2) is 50.3 Å². The molecule has 3 aromatic carbocycles. The maximum absolute atomic E-state index is 12.5. The van der Waals surface area contributed by atoms with Crippen LogP contribution in [0.2, 0.25) is 0 Å². The zero-order chi connectivity index (χ0) is 29.1. The molecule has 0 unspecified atom stereocenters. The van der Waals surface area contributed by atoms with Crippen LogP contribution < -0.4 is 9.47 Å². The molecule has 0 aliphatic heterocycles. The van der Waals surface area contributed by atoms with E-state index in [1.807, 2.05) is 0 Å². The van der Waals surface area contributed by atoms with Crippen molar-refractivity contribution in [2.24, 2.45) is 0 Å². The molecule has 0 heterocycles. The van der Waals surface area contributed by atoms with Crippen LogP contribution in [0.25, 0.3) is 0 Å². The second-order valence-corrected chi connectivity index (χ2v) is 7.98. The number of esters is 4. The fourth-order valence-electron chi connectivity index (χ4n) is 3.48. The topological polar surface area (TPSA) is 124 Å². The number of carbonyl (C=O) groups is 4. The van der Waals surface area contributed by atoms with E-state index in [4.69, 9.17) is 28.4 Å². The lowest BCUT2D eigenvalue weighted by molar-refractivity contribution is 0.0508. The number of carbonyl (C=O) groups excluding carboxylic acids is 4. The first kappa shape index (κ1) is 29.7. The van der Waals surface area contributed by atoms with Gasteiger partial charge in [0.15, 0.2) is 0 Å². The Morgan fingerprint density at radius 1 is 0.475 bits per heavy atom. The van der Waals surface area contributed by atoms with Gasteiger partial charge in [0.05, 0.1) is 37.6 Å². The largest absolute Gasteiger partial charge is 0.462 e. The predicted molar refractivity (Wildman–Crippen MR) is 143 cm³/mol. The van der Waals surface area contributed by atoms with Gasteiger partial charge in [-0.25, -0.2) is 19.2 Å². The van der Waals surface area contributed by atoms with Gasteiger partial charge in [-0.2, -0.15) is 0 Å². The van der Waals surface area contributed by atoms with E-state index in [0.717, 1.165) is 0 Å². The third kappa shape index (κ3) is 7.59. The number of hydrogen-bond donors (Lipinski definition) is 0. The lowest BCUT2D eigenvalue weighted by atomic mass is 10.1. The third-order valence-electron chi connectivity index (χ3n) is 5.26. The molecule has 210 valence electrons. The smallest absolute Gasteiger partial charge is 0.341 e. The molecule has 0 atom stereocenters. The molecule has 0 aromatic heterocycles. The van der Waals surface area contributed by atoms with Crippen LogP contribution in [0.3, 0.4) is 0 Å². The highest BCUT2D eigenvalue weighted by Gasteiger charge is 2.20. The molecule has 0 spiro atoms. The molecule has 0 bridgehead atoms. The van der Waals surface area contributed by atoms with Crippen LogP contribution in [0.4, 0.5) is 0 Å². The molecular formula is C30H30O10. The van der Waals surface area contributed by atoms with E-state index in [1.54, 1.807) is 52.0 Å². The quantitative estimate of drug-likeness (QED) is 0.196. The van der Waals surface area contributed by atoms with E-state index in [2.05, 4.69) is 0 Å². The van der Waals surface area contributed by atoms with Crippen molar-refractivity contribution in [3.05, 3.63) is 82.9 Å². The van der Waals surface area contributed by atoms with Crippen LogP contribution in [0, 0.1) is 0 Å². The van der Waals surface area contributed by atoms with Crippen LogP contribution >= 0.6 is 0 Å². The first-order chi connectivity index (χ1) is 19.3. The summed E-state index contributed by atoms with van der Waals surface area (Å²) in [5.74, 6) is -1.49. The summed E-state index contributed by atoms with van der Waals surface area (Å²) in [5, 5.41) is 0. The Morgan fingerprint density at radius 3 is 1.12 bits per heavy atom. The summed E-state index contributed by atoms with van der Waals surface area (Å²) in [7, 11) is 0. The highest BCUT2D eigenvalue weighted by Crippen LogP contribution is 2.32. The average Bonchev–Trinajstić information content (AvgIpc) is 2.94. The normalized spacial score (nSPS) is 10.3. The first-order valence-corrected chi connectivity index (χ1v) is 12.7. The van der Waals surface area contributed by atoms with Crippen LogP contribution in [0.1, 0.15) is 69.1 Å². The molecular weight excluding hydrogens is 520 g/mol. The maximum Gasteiger partial charge on any atom is 0.341 e. The van der Waals surface area contributed by atoms with Gasteiger partial charge in [0.1, 0.15) is 34.1 Å². The maximum atomic E-state index is 12.5. The summed E-state index contributed by atoms with van der Waals surface area (Å²) in [6, 6.07) is 14.9. The van der Waals surface area contributed by atoms with E-state index in [-0.39, 0.29) is 60.2 Å². The second-order valence-electron chi connectivity index (χ2n) is 7.98. The van der Waals surface area contributed by atoms with Gasteiger partial charge < -0.3 is 28.4 Å². The number of ether oxygens (including phenoxy) is 6. The predicted octanol–water partition coefficient (Wildman–Crippen LogP) is 5.98. The molecule has 0 saturated carbocycles. The SMILES string of the molecule is CCOC(=O)c1ccc(C(=O)OCC)c(Oc2ccc(Oc3cc(C(=O)OCC)ccc3C(=O)OCC)cc2)c1. The number of benzene rings is 3. The lowest BCUT2D eigenvalue weighted by Crippen LogP contribution is -2.10. The minimum atomic E-state index is -0.610. The van der Waals surface area contributed by atoms with Crippen molar-refractivity contribution >= 4 is 23.9 Å². The molecule has 0 fully saturated rings. The second kappa shape index (κ2) is 14.3. The van der Waals surface area contributed by atoms with E-state index < -0.39 is 23.9 Å². The Hall–Kier alpha value is -4.86. The molecule has 10 nitrogen and oxygen atoms in total. The van der Waals surface area contributed by atoms with Crippen molar-refractivity contribution in [2.75, 3.05) is 26.4 Å². The van der Waals surface area contributed by atoms with E-state index >= 15 is 0 Å². The molecule has 0 N–H and O–H groups in total. The zero-order valence-electron chi connectivity index (χ0n) is 22.7. The summed E-state index contributed by atoms with van der Waals surface area (Å²) in [5.41, 5.74) is 0.672. The summed E-state index contributed by atoms with van der Waals surface area (Å²) >= 11 is 0. The monoisotopic (exact) mass is 550 g/mol. The van der Waals surface area contributed by atoms with Crippen molar-refractivity contribution < 1.29 is 47.6 Å². The molecule has 0 saturated heterocycles. The van der Waals surface area contributed by atoms with Crippen molar-refractivity contribution in [1.29, 1.82) is 0 Å². The van der Waals surface area contributed by atoms with E-state index in [9.17, 15) is 19.2 Å². The Labute approximate surface area is 231 Å². The highest BCUT2D eigenvalue weighted by atomic mass is 16.5. The minimum Gasteiger partial charge on any atom is -0.462 e. The molecule has 3 aromatic rings. The molecule has 40 heavy (non-hydrogen) atoms. The lowest BCUT2D eigenvalue weighted by Gasteiger charge is -2.14. The van der Waals surface area contributed by atoms with Gasteiger partial charge >= 0.3 is 23.9 Å². The Morgan fingerprint density at radius 2 is 0.800 bits per heavy atom. The van der Waals surface area contributed by atoms with Gasteiger partial charge in [0.2, 0.25) is 0 Å². The molecule has 0 aliphatic rings. The van der Waals surface area contributed by atoms with Crippen LogP contribution in [0.15, 0.2) is 60.7 Å². The van der Waals surface area contributed by atoms with Crippen molar-refractivity contribution in [3.8, 4) is 23.0 Å². The average molecular weight is 551 g/mol. The highest BCUT2D eigenvalue weighted by molar-refractivity contribution is 5.97. The fourth-order valence-corrected chi connectivity index (χ4v) is 3.48. The number of rotatable bonds is 12. The molecule has 10 heteroatoms. The van der Waals surface area contributed by atoms with E-state index in [0.29, 0.717) is 11.5 Å². The standard InChI is InChI=1S/C30H30O10/c1-5-35-27(31)19-9-15-23(29(33)37-7-3)25(17-19)39-21-11-13-22(14-12-21)40-26-18-20(28(32)36-6-2)10-16-24(26)30(34)38-8-4/h9-18H,5-8H2,1-4H3. The summed E-state index contributed by atoms with van der Waals surface area (Å²) < 4.78 is 32.1. The third-order valence-corrected chi connectivity index (χ3v) is 5.26. The Balaban J connectivity index is 1.89. The van der Waals surface area contributed by atoms with Gasteiger partial charge in [-0.1, -0.05) is 0 Å². The molecule has 0 radical (unpaired) electrons. The minimum absolute atomic E-state index is 0.101. The van der Waals surface area contributed by atoms with Gasteiger partial charge in [-0.3, -0.25) is 0 Å². The Kier molecular flexibility index (Phi) is 10.6. The summed E-state index contributed by atoms with van der Waals surface area (Å²) in [4.78, 5) is 49.4. The summed E-state index contributed by atoms with van der Waals surface area (Å²) in [6.07, 6.45) is 0. The zero-order valence-corrected chi connectivity index (χ0v) is 22.7. The van der Waals surface area contributed by atoms with Crippen molar-refractivity contribution in [2.45, 2.75) is 27.7 Å². The van der Waals surface area contributed by atoms with Crippen molar-refractivity contribution in [3.63, 3.8) is 0 Å². The van der Waals surface area contributed by atoms with Gasteiger partial charge in [0.25, 0.3) is 0 Å². The van der Waals surface area contributed by atoms with Crippen LogP contribution in [0.5, 0.6) is 23.0 Å².